The summed E-state index contributed by atoms with van der Waals surface area (Å²) in [5.41, 5.74) is 32.3. The van der Waals surface area contributed by atoms with Gasteiger partial charge in [0.05, 0.1) is 108 Å². The zero-order valence-corrected chi connectivity index (χ0v) is 76.1. The number of rotatable bonds is 21. The van der Waals surface area contributed by atoms with Gasteiger partial charge in [0.25, 0.3) is 0 Å². The van der Waals surface area contributed by atoms with E-state index in [0.717, 1.165) is 220 Å². The third kappa shape index (κ3) is 18.1. The molecule has 1 saturated carbocycles. The molecule has 1 aliphatic carbocycles. The molecule has 0 aromatic carbocycles. The fourth-order valence-corrected chi connectivity index (χ4v) is 17.4. The maximum Gasteiger partial charge on any atom is 0.181 e. The average molecular weight is 1830 g/mol. The third-order valence-electron chi connectivity index (χ3n) is 24.2. The quantitative estimate of drug-likeness (QED) is 0.0319. The van der Waals surface area contributed by atoms with Gasteiger partial charge in [0.15, 0.2) is 45.9 Å². The van der Waals surface area contributed by atoms with Gasteiger partial charge in [-0.05, 0) is 184 Å². The molecule has 10 N–H and O–H groups in total. The van der Waals surface area contributed by atoms with Gasteiger partial charge in [-0.3, -0.25) is 80.2 Å². The number of anilines is 2. The molecule has 24 aromatic rings. The summed E-state index contributed by atoms with van der Waals surface area (Å²) < 4.78 is 0. The molecule has 36 heteroatoms. The summed E-state index contributed by atoms with van der Waals surface area (Å²) in [6.45, 7) is 6.91. The molecule has 25 rings (SSSR count). The number of aromatic amines is 8. The Kier molecular flexibility index (Phi) is 23.5. The van der Waals surface area contributed by atoms with Crippen LogP contribution in [0.5, 0.6) is 0 Å². The minimum atomic E-state index is 0.317. The van der Waals surface area contributed by atoms with Gasteiger partial charge in [0, 0.05) is 243 Å². The maximum atomic E-state index is 4.93. The van der Waals surface area contributed by atoms with Crippen LogP contribution in [0.25, 0.3) is 223 Å². The van der Waals surface area contributed by atoms with Crippen LogP contribution in [0.4, 0.5) is 11.4 Å². The second-order valence-corrected chi connectivity index (χ2v) is 34.7. The number of imidazole rings is 4. The molecule has 680 valence electrons. The summed E-state index contributed by atoms with van der Waals surface area (Å²) >= 11 is 0. The van der Waals surface area contributed by atoms with Crippen LogP contribution in [0, 0.1) is 5.92 Å². The standard InChI is InChI=1S/C29H27N9.2C25H21N9.C24H19N9/c1-2-4-18(3-1)11-31-12-19-9-21(14-32-13-19)22-10-23-27(37-38-28(23)34-15-22)29-35-25-17-33-16-24(26(25)36-29)20-5-7-30-8-6-20;1-34(2)14-15-7-17(10-27-9-15)18-8-19-23(32-33-24(19)29-11-18)25-30-21-13-28-12-20(22(21)31-25)16-3-5-26-6-4-16;1-14(2)30-18-7-16(9-27-11-18)17-8-19-23(33-34-24(19)29-10-17)25-31-21-13-28-12-20(22(21)32-25)15-3-5-26-6-4-15;1-33(2)17-7-15(9-26-11-17)16-8-18-22(31-32-23(18)28-10-16)24-29-20-13-27-12-19(21(20)30-24)14-3-5-25-6-4-14/h5-10,13-18,31H,1-4,11-12H2,(H,35,36)(H,34,37,38);3-13H,14H2,1-2H3,(H,30,31)(H,29,32,33);3-14,30H,1-2H3,(H,31,32)(H,29,33,34);3-13H,1-2H3,(H,29,30)(H,28,31,32). The Labute approximate surface area is 792 Å². The lowest BCUT2D eigenvalue weighted by molar-refractivity contribution is 0.402. The zero-order chi connectivity index (χ0) is 93.8. The molecule has 0 unspecified atom stereocenters. The Hall–Kier alpha value is -18.3. The van der Waals surface area contributed by atoms with E-state index in [1.165, 1.54) is 31.2 Å². The molecule has 0 amide bonds. The van der Waals surface area contributed by atoms with Crippen molar-refractivity contribution in [3.05, 3.63) is 282 Å². The van der Waals surface area contributed by atoms with Crippen molar-refractivity contribution < 1.29 is 0 Å². The summed E-state index contributed by atoms with van der Waals surface area (Å²) in [5, 5.41) is 40.6. The summed E-state index contributed by atoms with van der Waals surface area (Å²) in [6, 6.07) is 32.7. The summed E-state index contributed by atoms with van der Waals surface area (Å²) in [5.74, 6) is 3.53. The fraction of sp³-hybridized carbons (Fsp3) is 0.146. The first-order valence-corrected chi connectivity index (χ1v) is 45.2. The van der Waals surface area contributed by atoms with E-state index < -0.39 is 0 Å². The molecule has 0 atom stereocenters. The highest BCUT2D eigenvalue weighted by Gasteiger charge is 2.25. The molecule has 139 heavy (non-hydrogen) atoms. The Bertz CT molecular complexity index is 8280. The van der Waals surface area contributed by atoms with Crippen molar-refractivity contribution in [2.24, 2.45) is 5.92 Å². The highest BCUT2D eigenvalue weighted by atomic mass is 15.2. The zero-order valence-electron chi connectivity index (χ0n) is 76.1. The molecule has 24 aromatic heterocycles. The van der Waals surface area contributed by atoms with E-state index in [0.29, 0.717) is 51.9 Å². The fourth-order valence-electron chi connectivity index (χ4n) is 17.4. The molecule has 0 aliphatic heterocycles. The van der Waals surface area contributed by atoms with Crippen molar-refractivity contribution in [3.63, 3.8) is 0 Å². The Balaban J connectivity index is 0.000000107. The molecular formula is C103H88N36. The lowest BCUT2D eigenvalue weighted by Gasteiger charge is -2.12. The smallest absolute Gasteiger partial charge is 0.181 e. The second kappa shape index (κ2) is 38.0. The number of aromatic nitrogens is 32. The van der Waals surface area contributed by atoms with Crippen LogP contribution in [0.2, 0.25) is 0 Å². The maximum absolute atomic E-state index is 4.93. The van der Waals surface area contributed by atoms with Gasteiger partial charge in [-0.25, -0.2) is 39.9 Å². The number of hydrogen-bond donors (Lipinski definition) is 10. The van der Waals surface area contributed by atoms with E-state index in [1.807, 2.05) is 181 Å². The molecule has 24 heterocycles. The van der Waals surface area contributed by atoms with E-state index in [9.17, 15) is 0 Å². The number of pyridine rings is 16. The number of nitrogens with one attached hydrogen (secondary N) is 10. The van der Waals surface area contributed by atoms with E-state index >= 15 is 0 Å². The van der Waals surface area contributed by atoms with E-state index in [4.69, 9.17) is 19.9 Å². The first kappa shape index (κ1) is 86.1. The van der Waals surface area contributed by atoms with Gasteiger partial charge in [0.1, 0.15) is 22.8 Å². The number of nitrogens with zero attached hydrogens (tertiary/aromatic N) is 26. The highest BCUT2D eigenvalue weighted by molar-refractivity contribution is 6.02. The summed E-state index contributed by atoms with van der Waals surface area (Å²) in [7, 11) is 8.07. The molecule has 36 nitrogen and oxygen atoms in total. The molecule has 0 radical (unpaired) electrons. The number of hydrogen-bond acceptors (Lipinski definition) is 28. The molecule has 0 bridgehead atoms. The first-order valence-electron chi connectivity index (χ1n) is 45.2. The summed E-state index contributed by atoms with van der Waals surface area (Å²) in [4.78, 5) is 107. The lowest BCUT2D eigenvalue weighted by Crippen LogP contribution is -2.20. The molecule has 1 aliphatic rings. The largest absolute Gasteiger partial charge is 0.382 e. The number of H-pyrrole nitrogens is 8. The Morgan fingerprint density at radius 3 is 0.993 bits per heavy atom. The minimum Gasteiger partial charge on any atom is -0.382 e. The third-order valence-corrected chi connectivity index (χ3v) is 24.2. The molecule has 0 saturated heterocycles. The second-order valence-electron chi connectivity index (χ2n) is 34.7. The molecule has 0 spiro atoms. The van der Waals surface area contributed by atoms with Crippen molar-refractivity contribution in [1.82, 2.24) is 171 Å². The average Bonchev–Trinajstić information content (AvgIpc) is 1.63. The van der Waals surface area contributed by atoms with Crippen LogP contribution in [-0.4, -0.2) is 206 Å². The number of fused-ring (bicyclic) bond motifs is 8. The molecular weight excluding hydrogens is 1740 g/mol. The normalized spacial score (nSPS) is 12.2. The highest BCUT2D eigenvalue weighted by Crippen LogP contribution is 2.40. The van der Waals surface area contributed by atoms with Crippen molar-refractivity contribution in [3.8, 4) is 135 Å². The SMILES string of the molecule is CC(C)Nc1cncc(-c2cnc3n[nH]c(-c4nc5c(-c6ccncc6)cncc5[nH]4)c3c2)c1.CN(C)Cc1cncc(-c2cnc3n[nH]c(-c4nc5c(-c6ccncc6)cncc5[nH]4)c3c2)c1.CN(C)c1cncc(-c2cnc3n[nH]c(-c4nc5c(-c6ccncc6)cncc5[nH]4)c3c2)c1.c1cc(-c2cncc3[nH]c(-c4[nH]nc5ncc(-c6cncc(CNCC7CCCC7)c6)cc45)nc23)ccn1. The Morgan fingerprint density at radius 2 is 0.640 bits per heavy atom. The van der Waals surface area contributed by atoms with Gasteiger partial charge in [-0.1, -0.05) is 12.8 Å². The van der Waals surface area contributed by atoms with Crippen LogP contribution in [0.15, 0.2) is 271 Å². The molecule has 1 fully saturated rings. The topological polar surface area (TPSA) is 466 Å². The van der Waals surface area contributed by atoms with Gasteiger partial charge in [-0.2, -0.15) is 20.4 Å². The van der Waals surface area contributed by atoms with Crippen molar-refractivity contribution in [2.45, 2.75) is 58.7 Å². The van der Waals surface area contributed by atoms with Crippen molar-refractivity contribution in [1.29, 1.82) is 0 Å². The monoisotopic (exact) mass is 1830 g/mol. The predicted molar refractivity (Wildman–Crippen MR) is 537 cm³/mol. The van der Waals surface area contributed by atoms with Crippen LogP contribution in [-0.2, 0) is 13.1 Å². The lowest BCUT2D eigenvalue weighted by atomic mass is 10.1. The minimum absolute atomic E-state index is 0.317. The van der Waals surface area contributed by atoms with Crippen LogP contribution in [0.3, 0.4) is 0 Å². The van der Waals surface area contributed by atoms with Gasteiger partial charge < -0.3 is 40.4 Å². The van der Waals surface area contributed by atoms with Gasteiger partial charge in [0.2, 0.25) is 0 Å². The van der Waals surface area contributed by atoms with Crippen LogP contribution >= 0.6 is 0 Å². The van der Waals surface area contributed by atoms with Crippen LogP contribution in [0.1, 0.15) is 50.7 Å². The summed E-state index contributed by atoms with van der Waals surface area (Å²) in [6.07, 6.45) is 56.1. The first-order chi connectivity index (χ1) is 68.3. The Morgan fingerprint density at radius 1 is 0.324 bits per heavy atom. The van der Waals surface area contributed by atoms with Gasteiger partial charge in [-0.15, -0.1) is 0 Å². The van der Waals surface area contributed by atoms with E-state index in [1.54, 1.807) is 74.4 Å². The van der Waals surface area contributed by atoms with E-state index in [2.05, 4.69) is 218 Å². The van der Waals surface area contributed by atoms with Crippen molar-refractivity contribution in [2.75, 3.05) is 45.0 Å². The predicted octanol–water partition coefficient (Wildman–Crippen LogP) is 18.3. The van der Waals surface area contributed by atoms with Gasteiger partial charge >= 0.3 is 0 Å². The van der Waals surface area contributed by atoms with E-state index in [-0.39, 0.29) is 0 Å². The van der Waals surface area contributed by atoms with Crippen molar-refractivity contribution >= 4 is 99.6 Å². The van der Waals surface area contributed by atoms with Crippen LogP contribution < -0.4 is 15.5 Å².